The summed E-state index contributed by atoms with van der Waals surface area (Å²) in [4.78, 5) is 23.7. The molecule has 19 heavy (non-hydrogen) atoms. The maximum Gasteiger partial charge on any atom is 0.372 e. The van der Waals surface area contributed by atoms with Gasteiger partial charge >= 0.3 is 11.8 Å². The summed E-state index contributed by atoms with van der Waals surface area (Å²) in [7, 11) is 0. The van der Waals surface area contributed by atoms with Gasteiger partial charge in [-0.2, -0.15) is 0 Å². The number of pyridine rings is 1. The molecule has 0 amide bonds. The predicted octanol–water partition coefficient (Wildman–Crippen LogP) is 2.17. The topological polar surface area (TPSA) is 82.3 Å². The van der Waals surface area contributed by atoms with Crippen LogP contribution in [0.15, 0.2) is 6.07 Å². The third kappa shape index (κ3) is 3.63. The Kier molecular flexibility index (Phi) is 4.79. The number of ether oxygens (including phenoxy) is 1. The lowest BCUT2D eigenvalue weighted by Gasteiger charge is -2.04. The van der Waals surface area contributed by atoms with Crippen LogP contribution in [0.2, 0.25) is 0 Å². The van der Waals surface area contributed by atoms with Crippen molar-refractivity contribution < 1.29 is 27.6 Å². The number of carbonyl (C=O) groups excluding carboxylic acids is 1. The minimum atomic E-state index is -3.24. The van der Waals surface area contributed by atoms with Gasteiger partial charge in [-0.3, -0.25) is 4.79 Å². The minimum Gasteiger partial charge on any atom is -0.466 e. The van der Waals surface area contributed by atoms with Crippen molar-refractivity contribution in [2.24, 2.45) is 0 Å². The van der Waals surface area contributed by atoms with Crippen LogP contribution in [0.3, 0.4) is 0 Å². The summed E-state index contributed by atoms with van der Waals surface area (Å²) >= 11 is 0. The van der Waals surface area contributed by atoms with E-state index in [1.807, 2.05) is 0 Å². The van der Waals surface area contributed by atoms with Crippen LogP contribution in [0.5, 0.6) is 0 Å². The van der Waals surface area contributed by atoms with Crippen molar-refractivity contribution in [2.45, 2.75) is 19.8 Å². The first-order valence-corrected chi connectivity index (χ1v) is 5.14. The zero-order valence-corrected chi connectivity index (χ0v) is 9.73. The molecule has 0 aliphatic rings. The Hall–Kier alpha value is -2.19. The molecule has 6 nitrogen and oxygen atoms in total. The van der Waals surface area contributed by atoms with Gasteiger partial charge in [0, 0.05) is 0 Å². The number of hydrogen-bond acceptors (Lipinski definition) is 5. The Morgan fingerprint density at radius 2 is 2.21 bits per heavy atom. The minimum absolute atomic E-state index is 0.0393. The van der Waals surface area contributed by atoms with E-state index < -0.39 is 46.6 Å². The van der Waals surface area contributed by atoms with E-state index in [1.165, 1.54) is 6.92 Å². The highest BCUT2D eigenvalue weighted by molar-refractivity contribution is 5.72. The fourth-order valence-corrected chi connectivity index (χ4v) is 1.31. The van der Waals surface area contributed by atoms with Crippen LogP contribution in [-0.2, 0) is 16.0 Å². The second-order valence-electron chi connectivity index (χ2n) is 3.37. The molecule has 0 saturated heterocycles. The molecule has 9 heteroatoms. The lowest BCUT2D eigenvalue weighted by Crippen LogP contribution is -2.12. The Balaban J connectivity index is 3.17. The highest BCUT2D eigenvalue weighted by Gasteiger charge is 2.28. The second-order valence-corrected chi connectivity index (χ2v) is 3.37. The van der Waals surface area contributed by atoms with Gasteiger partial charge in [-0.1, -0.05) is 0 Å². The Bertz CT molecular complexity index is 508. The molecule has 1 rings (SSSR count). The molecule has 0 aromatic carbocycles. The molecular weight excluding hydrogens is 269 g/mol. The normalized spacial score (nSPS) is 10.6. The maximum atomic E-state index is 13.4. The van der Waals surface area contributed by atoms with Gasteiger partial charge in [0.1, 0.15) is 12.0 Å². The molecule has 0 bridgehead atoms. The van der Waals surface area contributed by atoms with Gasteiger partial charge in [0.15, 0.2) is 11.5 Å². The molecule has 0 N–H and O–H groups in total. The summed E-state index contributed by atoms with van der Waals surface area (Å²) in [5.41, 5.74) is -1.73. The van der Waals surface area contributed by atoms with Crippen LogP contribution < -0.4 is 0 Å². The summed E-state index contributed by atoms with van der Waals surface area (Å²) in [5, 5.41) is 10.6. The van der Waals surface area contributed by atoms with E-state index in [0.717, 1.165) is 0 Å². The molecule has 0 fully saturated rings. The number of nitrogens with zero attached hydrogens (tertiary/aromatic N) is 2. The number of esters is 1. The van der Waals surface area contributed by atoms with E-state index in [9.17, 15) is 28.1 Å². The second kappa shape index (κ2) is 6.12. The number of carbonyl (C=O) groups is 1. The molecule has 1 heterocycles. The van der Waals surface area contributed by atoms with Gasteiger partial charge in [-0.05, 0) is 22.9 Å². The highest BCUT2D eigenvalue weighted by atomic mass is 19.3. The first-order valence-electron chi connectivity index (χ1n) is 5.14. The zero-order chi connectivity index (χ0) is 14.6. The van der Waals surface area contributed by atoms with Crippen molar-refractivity contribution >= 4 is 11.8 Å². The molecule has 1 aromatic heterocycles. The number of hydrogen-bond donors (Lipinski definition) is 0. The molecule has 104 valence electrons. The van der Waals surface area contributed by atoms with Crippen molar-refractivity contribution in [1.82, 2.24) is 4.98 Å². The molecule has 0 radical (unpaired) electrons. The van der Waals surface area contributed by atoms with Gasteiger partial charge in [-0.25, -0.2) is 13.2 Å². The van der Waals surface area contributed by atoms with Crippen LogP contribution in [0, 0.1) is 15.9 Å². The van der Waals surface area contributed by atoms with E-state index in [1.54, 1.807) is 0 Å². The fourth-order valence-electron chi connectivity index (χ4n) is 1.31. The number of halogens is 3. The molecule has 0 spiro atoms. The van der Waals surface area contributed by atoms with Crippen molar-refractivity contribution in [1.29, 1.82) is 0 Å². The van der Waals surface area contributed by atoms with Gasteiger partial charge in [0.25, 0.3) is 6.43 Å². The van der Waals surface area contributed by atoms with Crippen LogP contribution >= 0.6 is 0 Å². The summed E-state index contributed by atoms with van der Waals surface area (Å²) in [5.74, 6) is -3.24. The van der Waals surface area contributed by atoms with E-state index in [2.05, 4.69) is 9.72 Å². The zero-order valence-electron chi connectivity index (χ0n) is 9.73. The number of rotatable bonds is 5. The molecule has 1 aromatic rings. The number of nitro groups is 1. The van der Waals surface area contributed by atoms with Crippen molar-refractivity contribution in [3.05, 3.63) is 33.3 Å². The summed E-state index contributed by atoms with van der Waals surface area (Å²) in [6.45, 7) is 1.56. The standard InChI is InChI=1S/C10H9F3N2O4/c1-2-19-8(16)4-7-6(11)3-5(9(12)13)10(14-7)15(17)18/h3,9H,2,4H2,1H3. The third-order valence-electron chi connectivity index (χ3n) is 2.08. The van der Waals surface area contributed by atoms with Crippen LogP contribution in [0.4, 0.5) is 19.0 Å². The van der Waals surface area contributed by atoms with E-state index in [4.69, 9.17) is 0 Å². The Morgan fingerprint density at radius 3 is 2.68 bits per heavy atom. The monoisotopic (exact) mass is 278 g/mol. The molecule has 0 aliphatic heterocycles. The SMILES string of the molecule is CCOC(=O)Cc1nc([N+](=O)[O-])c(C(F)F)cc1F. The van der Waals surface area contributed by atoms with Gasteiger partial charge in [-0.15, -0.1) is 0 Å². The lowest BCUT2D eigenvalue weighted by molar-refractivity contribution is -0.391. The first-order chi connectivity index (χ1) is 8.86. The Morgan fingerprint density at radius 1 is 1.58 bits per heavy atom. The average molecular weight is 278 g/mol. The van der Waals surface area contributed by atoms with Crippen LogP contribution in [-0.4, -0.2) is 22.5 Å². The van der Waals surface area contributed by atoms with Crippen molar-refractivity contribution in [3.63, 3.8) is 0 Å². The average Bonchev–Trinajstić information content (AvgIpc) is 2.31. The first kappa shape index (κ1) is 14.9. The van der Waals surface area contributed by atoms with Crippen molar-refractivity contribution in [2.75, 3.05) is 6.61 Å². The largest absolute Gasteiger partial charge is 0.466 e. The van der Waals surface area contributed by atoms with E-state index in [-0.39, 0.29) is 6.61 Å². The van der Waals surface area contributed by atoms with Crippen LogP contribution in [0.25, 0.3) is 0 Å². The van der Waals surface area contributed by atoms with Gasteiger partial charge in [0.2, 0.25) is 0 Å². The lowest BCUT2D eigenvalue weighted by atomic mass is 10.2. The quantitative estimate of drug-likeness (QED) is 0.468. The summed E-state index contributed by atoms with van der Waals surface area (Å²) < 4.78 is 42.9. The maximum absolute atomic E-state index is 13.4. The molecule has 0 atom stereocenters. The number of aromatic nitrogens is 1. The van der Waals surface area contributed by atoms with E-state index in [0.29, 0.717) is 6.07 Å². The molecule has 0 unspecified atom stereocenters. The summed E-state index contributed by atoms with van der Waals surface area (Å²) in [6, 6.07) is 0.310. The molecule has 0 aliphatic carbocycles. The highest BCUT2D eigenvalue weighted by Crippen LogP contribution is 2.28. The third-order valence-corrected chi connectivity index (χ3v) is 2.08. The van der Waals surface area contributed by atoms with Crippen molar-refractivity contribution in [3.8, 4) is 0 Å². The van der Waals surface area contributed by atoms with Crippen LogP contribution in [0.1, 0.15) is 24.6 Å². The molecular formula is C10H9F3N2O4. The Labute approximate surface area is 105 Å². The van der Waals surface area contributed by atoms with Gasteiger partial charge in [0.05, 0.1) is 6.61 Å². The smallest absolute Gasteiger partial charge is 0.372 e. The van der Waals surface area contributed by atoms with Gasteiger partial charge < -0.3 is 14.9 Å². The summed E-state index contributed by atoms with van der Waals surface area (Å²) in [6.07, 6.45) is -3.90. The predicted molar refractivity (Wildman–Crippen MR) is 56.1 cm³/mol. The fraction of sp³-hybridized carbons (Fsp3) is 0.400. The number of alkyl halides is 2. The van der Waals surface area contributed by atoms with E-state index >= 15 is 0 Å². The molecule has 0 saturated carbocycles.